The normalized spacial score (nSPS) is 13.9. The first-order valence-corrected chi connectivity index (χ1v) is 11.6. The van der Waals surface area contributed by atoms with Crippen molar-refractivity contribution in [3.05, 3.63) is 89.2 Å². The van der Waals surface area contributed by atoms with E-state index >= 15 is 0 Å². The van der Waals surface area contributed by atoms with Crippen molar-refractivity contribution < 1.29 is 22.3 Å². The summed E-state index contributed by atoms with van der Waals surface area (Å²) < 4.78 is 45.8. The summed E-state index contributed by atoms with van der Waals surface area (Å²) in [6, 6.07) is 17.7. The van der Waals surface area contributed by atoms with E-state index in [1.807, 2.05) is 13.0 Å². The molecule has 4 rings (SSSR count). The Hall–Kier alpha value is -3.23. The van der Waals surface area contributed by atoms with Gasteiger partial charge >= 0.3 is 0 Å². The summed E-state index contributed by atoms with van der Waals surface area (Å²) in [5.74, 6) is -0.354. The van der Waals surface area contributed by atoms with E-state index in [9.17, 15) is 17.6 Å². The van der Waals surface area contributed by atoms with E-state index in [1.54, 1.807) is 36.4 Å². The van der Waals surface area contributed by atoms with E-state index < -0.39 is 10.0 Å². The molecule has 3 aromatic carbocycles. The van der Waals surface area contributed by atoms with E-state index in [0.717, 1.165) is 16.7 Å². The van der Waals surface area contributed by atoms with Gasteiger partial charge < -0.3 is 10.1 Å². The van der Waals surface area contributed by atoms with Crippen molar-refractivity contribution in [1.82, 2.24) is 4.31 Å². The highest BCUT2D eigenvalue weighted by molar-refractivity contribution is 7.89. The Morgan fingerprint density at radius 1 is 1.03 bits per heavy atom. The fourth-order valence-corrected chi connectivity index (χ4v) is 4.97. The predicted octanol–water partition coefficient (Wildman–Crippen LogP) is 3.90. The van der Waals surface area contributed by atoms with Gasteiger partial charge in [-0.3, -0.25) is 4.79 Å². The van der Waals surface area contributed by atoms with Crippen molar-refractivity contribution in [3.8, 4) is 5.75 Å². The van der Waals surface area contributed by atoms with E-state index in [4.69, 9.17) is 4.74 Å². The number of sulfonamides is 1. The van der Waals surface area contributed by atoms with Crippen LogP contribution in [0.5, 0.6) is 5.75 Å². The van der Waals surface area contributed by atoms with Gasteiger partial charge in [0.2, 0.25) is 10.0 Å². The minimum absolute atomic E-state index is 0.226. The molecule has 1 aliphatic heterocycles. The number of hydrogen-bond acceptors (Lipinski definition) is 4. The maximum atomic E-state index is 13.0. The number of halogens is 1. The zero-order chi connectivity index (χ0) is 22.7. The molecule has 3 aromatic rings. The quantitative estimate of drug-likeness (QED) is 0.613. The molecular weight excluding hydrogens is 431 g/mol. The second-order valence-corrected chi connectivity index (χ2v) is 9.61. The molecule has 166 valence electrons. The van der Waals surface area contributed by atoms with Crippen LogP contribution in [0.1, 0.15) is 16.7 Å². The zero-order valence-electron chi connectivity index (χ0n) is 17.5. The van der Waals surface area contributed by atoms with Crippen LogP contribution in [0.25, 0.3) is 0 Å². The van der Waals surface area contributed by atoms with Gasteiger partial charge in [0.05, 0.1) is 4.90 Å². The lowest BCUT2D eigenvalue weighted by atomic mass is 10.0. The number of rotatable bonds is 6. The Balaban J connectivity index is 1.42. The molecule has 0 fully saturated rings. The van der Waals surface area contributed by atoms with Gasteiger partial charge in [-0.05, 0) is 73.0 Å². The smallest absolute Gasteiger partial charge is 0.262 e. The van der Waals surface area contributed by atoms with E-state index in [0.29, 0.717) is 24.4 Å². The molecule has 1 heterocycles. The van der Waals surface area contributed by atoms with Gasteiger partial charge in [-0.2, -0.15) is 4.31 Å². The Bertz CT molecular complexity index is 1230. The van der Waals surface area contributed by atoms with Crippen LogP contribution in [-0.4, -0.2) is 31.8 Å². The molecule has 8 heteroatoms. The summed E-state index contributed by atoms with van der Waals surface area (Å²) in [6.45, 7) is 2.33. The molecule has 0 radical (unpaired) electrons. The number of aryl methyl sites for hydroxylation is 1. The van der Waals surface area contributed by atoms with Crippen LogP contribution in [0.4, 0.5) is 10.1 Å². The van der Waals surface area contributed by atoms with Crippen molar-refractivity contribution in [1.29, 1.82) is 0 Å². The molecule has 0 aliphatic carbocycles. The lowest BCUT2D eigenvalue weighted by Gasteiger charge is -2.28. The number of carbonyl (C=O) groups excluding carboxylic acids is 1. The van der Waals surface area contributed by atoms with Crippen molar-refractivity contribution in [2.45, 2.75) is 24.8 Å². The number of amides is 1. The fourth-order valence-electron chi connectivity index (χ4n) is 3.55. The molecule has 0 bridgehead atoms. The van der Waals surface area contributed by atoms with E-state index in [1.165, 1.54) is 28.6 Å². The minimum atomic E-state index is -3.60. The van der Waals surface area contributed by atoms with Crippen LogP contribution >= 0.6 is 0 Å². The van der Waals surface area contributed by atoms with Crippen LogP contribution in [-0.2, 0) is 27.8 Å². The molecule has 0 unspecified atom stereocenters. The summed E-state index contributed by atoms with van der Waals surface area (Å²) in [4.78, 5) is 12.5. The molecule has 6 nitrogen and oxygen atoms in total. The molecule has 0 saturated carbocycles. The summed E-state index contributed by atoms with van der Waals surface area (Å²) >= 11 is 0. The van der Waals surface area contributed by atoms with Gasteiger partial charge in [0.1, 0.15) is 11.6 Å². The molecule has 0 aromatic heterocycles. The van der Waals surface area contributed by atoms with Crippen LogP contribution in [0, 0.1) is 12.7 Å². The van der Waals surface area contributed by atoms with Crippen molar-refractivity contribution in [3.63, 3.8) is 0 Å². The Kier molecular flexibility index (Phi) is 6.25. The molecule has 0 atom stereocenters. The number of fused-ring (bicyclic) bond motifs is 1. The van der Waals surface area contributed by atoms with E-state index in [-0.39, 0.29) is 29.8 Å². The number of benzene rings is 3. The van der Waals surface area contributed by atoms with Crippen molar-refractivity contribution in [2.75, 3.05) is 18.5 Å². The molecule has 0 spiro atoms. The highest BCUT2D eigenvalue weighted by atomic mass is 32.2. The molecule has 32 heavy (non-hydrogen) atoms. The summed E-state index contributed by atoms with van der Waals surface area (Å²) in [7, 11) is -3.60. The summed E-state index contributed by atoms with van der Waals surface area (Å²) in [5.41, 5.74) is 3.47. The molecular formula is C24H23FN2O4S. The second-order valence-electron chi connectivity index (χ2n) is 7.68. The summed E-state index contributed by atoms with van der Waals surface area (Å²) in [5, 5.41) is 2.76. The fraction of sp³-hybridized carbons (Fsp3) is 0.208. The highest BCUT2D eigenvalue weighted by Gasteiger charge is 2.28. The number of anilines is 1. The Morgan fingerprint density at radius 3 is 2.47 bits per heavy atom. The molecule has 0 saturated heterocycles. The number of carbonyl (C=O) groups is 1. The van der Waals surface area contributed by atoms with Gasteiger partial charge in [-0.1, -0.05) is 23.8 Å². The maximum absolute atomic E-state index is 13.0. The van der Waals surface area contributed by atoms with Crippen LogP contribution in [0.2, 0.25) is 0 Å². The third-order valence-corrected chi connectivity index (χ3v) is 7.17. The monoisotopic (exact) mass is 454 g/mol. The van der Waals surface area contributed by atoms with Crippen molar-refractivity contribution in [2.24, 2.45) is 0 Å². The maximum Gasteiger partial charge on any atom is 0.262 e. The standard InChI is InChI=1S/C24H23FN2O4S/c1-17-2-10-23(11-3-17)32(29,30)27-13-12-18-4-7-21(14-19(18)15-27)26-24(28)16-31-22-8-5-20(25)6-9-22/h2-11,14H,12-13,15-16H2,1H3,(H,26,28). The van der Waals surface area contributed by atoms with Gasteiger partial charge in [-0.25, -0.2) is 12.8 Å². The third kappa shape index (κ3) is 4.98. The average molecular weight is 455 g/mol. The summed E-state index contributed by atoms with van der Waals surface area (Å²) in [6.07, 6.45) is 0.600. The SMILES string of the molecule is Cc1ccc(S(=O)(=O)N2CCc3ccc(NC(=O)COc4ccc(F)cc4)cc3C2)cc1. The van der Waals surface area contributed by atoms with Crippen LogP contribution in [0.15, 0.2) is 71.6 Å². The second kappa shape index (κ2) is 9.10. The van der Waals surface area contributed by atoms with Gasteiger partial charge in [0.15, 0.2) is 6.61 Å². The van der Waals surface area contributed by atoms with Gasteiger partial charge in [0.25, 0.3) is 5.91 Å². The molecule has 1 amide bonds. The van der Waals surface area contributed by atoms with Crippen molar-refractivity contribution >= 4 is 21.6 Å². The lowest BCUT2D eigenvalue weighted by molar-refractivity contribution is -0.118. The topological polar surface area (TPSA) is 75.7 Å². The number of ether oxygens (including phenoxy) is 1. The first-order valence-electron chi connectivity index (χ1n) is 10.2. The largest absolute Gasteiger partial charge is 0.484 e. The first kappa shape index (κ1) is 22.0. The lowest BCUT2D eigenvalue weighted by Crippen LogP contribution is -2.36. The number of nitrogens with zero attached hydrogens (tertiary/aromatic N) is 1. The molecule has 1 N–H and O–H groups in total. The zero-order valence-corrected chi connectivity index (χ0v) is 18.4. The Labute approximate surface area is 186 Å². The van der Waals surface area contributed by atoms with Crippen LogP contribution in [0.3, 0.4) is 0 Å². The van der Waals surface area contributed by atoms with Crippen LogP contribution < -0.4 is 10.1 Å². The number of nitrogens with one attached hydrogen (secondary N) is 1. The molecule has 1 aliphatic rings. The van der Waals surface area contributed by atoms with E-state index in [2.05, 4.69) is 5.32 Å². The number of hydrogen-bond donors (Lipinski definition) is 1. The minimum Gasteiger partial charge on any atom is -0.484 e. The first-order chi connectivity index (χ1) is 15.3. The van der Waals surface area contributed by atoms with Gasteiger partial charge in [-0.15, -0.1) is 0 Å². The van der Waals surface area contributed by atoms with Gasteiger partial charge in [0, 0.05) is 18.8 Å². The highest BCUT2D eigenvalue weighted by Crippen LogP contribution is 2.27. The predicted molar refractivity (Wildman–Crippen MR) is 119 cm³/mol. The third-order valence-electron chi connectivity index (χ3n) is 5.31. The Morgan fingerprint density at radius 2 is 1.75 bits per heavy atom. The average Bonchev–Trinajstić information content (AvgIpc) is 2.78.